The second-order valence-electron chi connectivity index (χ2n) is 6.98. The van der Waals surface area contributed by atoms with E-state index in [-0.39, 0.29) is 30.7 Å². The fraction of sp³-hybridized carbons (Fsp3) is 0.350. The Balaban J connectivity index is 1.70. The Bertz CT molecular complexity index is 914. The van der Waals surface area contributed by atoms with E-state index in [1.54, 1.807) is 19.2 Å². The number of ether oxygens (including phenoxy) is 3. The Morgan fingerprint density at radius 1 is 1.39 bits per heavy atom. The molecule has 2 aliphatic heterocycles. The number of nitrogens with zero attached hydrogens (tertiary/aromatic N) is 1. The molecular formula is C20H22N2O6. The largest absolute Gasteiger partial charge is 0.595 e. The number of fused-ring (bicyclic) bond motifs is 2. The minimum Gasteiger partial charge on any atom is -0.595 e. The van der Waals surface area contributed by atoms with E-state index >= 15 is 0 Å². The van der Waals surface area contributed by atoms with Gasteiger partial charge in [0.25, 0.3) is 0 Å². The number of benzene rings is 2. The van der Waals surface area contributed by atoms with E-state index in [9.17, 15) is 15.2 Å². The zero-order chi connectivity index (χ0) is 19.8. The van der Waals surface area contributed by atoms with Gasteiger partial charge < -0.3 is 19.4 Å². The van der Waals surface area contributed by atoms with Gasteiger partial charge in [0.2, 0.25) is 12.5 Å². The van der Waals surface area contributed by atoms with Crippen LogP contribution in [0.5, 0.6) is 17.2 Å². The van der Waals surface area contributed by atoms with Crippen molar-refractivity contribution in [3.63, 3.8) is 0 Å². The third-order valence-electron chi connectivity index (χ3n) is 5.36. The summed E-state index contributed by atoms with van der Waals surface area (Å²) < 4.78 is 16.8. The quantitative estimate of drug-likeness (QED) is 0.596. The SMILES string of the molecule is COc1c2c(cc3c1[C@H](CC(=O)c1cccc([NH+]([O-])O)c1)N(C)CC3)OCO2. The molecule has 0 bridgehead atoms. The van der Waals surface area contributed by atoms with Gasteiger partial charge in [0.05, 0.1) is 7.11 Å². The molecule has 1 unspecified atom stereocenters. The van der Waals surface area contributed by atoms with Crippen LogP contribution in [0.25, 0.3) is 0 Å². The van der Waals surface area contributed by atoms with Crippen LogP contribution in [0.1, 0.15) is 33.9 Å². The Kier molecular flexibility index (Phi) is 4.94. The average Bonchev–Trinajstić information content (AvgIpc) is 3.16. The van der Waals surface area contributed by atoms with Crippen LogP contribution in [-0.4, -0.2) is 43.4 Å². The number of likely N-dealkylation sites (N-methyl/N-ethyl adjacent to an activating group) is 1. The maximum atomic E-state index is 13.0. The van der Waals surface area contributed by atoms with Crippen LogP contribution in [0.3, 0.4) is 0 Å². The summed E-state index contributed by atoms with van der Waals surface area (Å²) in [6, 6.07) is 7.91. The van der Waals surface area contributed by atoms with Gasteiger partial charge in [-0.25, -0.2) is 5.21 Å². The molecule has 2 aromatic rings. The third kappa shape index (κ3) is 3.20. The smallest absolute Gasteiger partial charge is 0.231 e. The van der Waals surface area contributed by atoms with Gasteiger partial charge >= 0.3 is 0 Å². The molecule has 0 saturated heterocycles. The van der Waals surface area contributed by atoms with Crippen LogP contribution in [0.4, 0.5) is 5.69 Å². The number of hydrogen-bond donors (Lipinski definition) is 2. The van der Waals surface area contributed by atoms with E-state index in [0.29, 0.717) is 22.8 Å². The highest BCUT2D eigenvalue weighted by Crippen LogP contribution is 2.50. The molecule has 2 heterocycles. The number of hydrogen-bond acceptors (Lipinski definition) is 7. The summed E-state index contributed by atoms with van der Waals surface area (Å²) in [7, 11) is 3.56. The summed E-state index contributed by atoms with van der Waals surface area (Å²) in [4.78, 5) is 15.1. The van der Waals surface area contributed by atoms with Gasteiger partial charge in [-0.05, 0) is 25.1 Å². The first-order chi connectivity index (χ1) is 13.5. The van der Waals surface area contributed by atoms with Crippen molar-refractivity contribution < 1.29 is 29.4 Å². The minimum atomic E-state index is -1.05. The first-order valence-corrected chi connectivity index (χ1v) is 9.05. The number of quaternary nitrogens is 1. The second kappa shape index (κ2) is 7.40. The minimum absolute atomic E-state index is 0.101. The van der Waals surface area contributed by atoms with E-state index in [4.69, 9.17) is 14.2 Å². The zero-order valence-electron chi connectivity index (χ0n) is 15.7. The van der Waals surface area contributed by atoms with Crippen molar-refractivity contribution in [2.75, 3.05) is 27.5 Å². The van der Waals surface area contributed by atoms with Gasteiger partial charge in [0.15, 0.2) is 23.0 Å². The van der Waals surface area contributed by atoms with Gasteiger partial charge in [-0.2, -0.15) is 5.23 Å². The summed E-state index contributed by atoms with van der Waals surface area (Å²) >= 11 is 0. The monoisotopic (exact) mass is 386 g/mol. The highest BCUT2D eigenvalue weighted by atomic mass is 16.8. The van der Waals surface area contributed by atoms with E-state index in [1.807, 2.05) is 13.1 Å². The molecule has 2 aliphatic rings. The fourth-order valence-corrected chi connectivity index (χ4v) is 3.90. The molecule has 0 fully saturated rings. The number of methoxy groups -OCH3 is 1. The summed E-state index contributed by atoms with van der Waals surface area (Å²) in [5.74, 6) is 1.72. The van der Waals surface area contributed by atoms with Crippen molar-refractivity contribution >= 4 is 11.5 Å². The standard InChI is InChI=1S/C20H22N2O6/c1-21-7-6-13-9-17-19(28-11-27-17)20(26-2)18(13)15(21)10-16(23)12-4-3-5-14(8-12)22(24)25/h3-5,8-9,15,22,24H,6-7,10-11H2,1-2H3/t15-/m0/s1. The van der Waals surface area contributed by atoms with Crippen molar-refractivity contribution in [2.24, 2.45) is 0 Å². The maximum Gasteiger partial charge on any atom is 0.231 e. The van der Waals surface area contributed by atoms with Gasteiger partial charge in [0, 0.05) is 42.3 Å². The Morgan fingerprint density at radius 2 is 2.21 bits per heavy atom. The Labute approximate surface area is 162 Å². The molecule has 0 aromatic heterocycles. The third-order valence-corrected chi connectivity index (χ3v) is 5.36. The predicted molar refractivity (Wildman–Crippen MR) is 99.4 cm³/mol. The molecule has 2 N–H and O–H groups in total. The molecule has 8 heteroatoms. The lowest BCUT2D eigenvalue weighted by atomic mass is 9.87. The van der Waals surface area contributed by atoms with Gasteiger partial charge in [-0.15, -0.1) is 0 Å². The van der Waals surface area contributed by atoms with Crippen LogP contribution < -0.4 is 19.4 Å². The fourth-order valence-electron chi connectivity index (χ4n) is 3.90. The number of carbonyl (C=O) groups is 1. The van der Waals surface area contributed by atoms with E-state index in [2.05, 4.69) is 4.90 Å². The zero-order valence-corrected chi connectivity index (χ0v) is 15.7. The summed E-state index contributed by atoms with van der Waals surface area (Å²) in [5, 5.41) is 19.3. The lowest BCUT2D eigenvalue weighted by Crippen LogP contribution is -2.99. The van der Waals surface area contributed by atoms with Crippen LogP contribution in [-0.2, 0) is 6.42 Å². The number of carbonyl (C=O) groups excluding carboxylic acids is 1. The molecule has 4 rings (SSSR count). The van der Waals surface area contributed by atoms with Gasteiger partial charge in [0.1, 0.15) is 0 Å². The molecule has 8 nitrogen and oxygen atoms in total. The molecule has 0 saturated carbocycles. The normalized spacial score (nSPS) is 19.2. The molecule has 2 atom stereocenters. The lowest BCUT2D eigenvalue weighted by molar-refractivity contribution is -0.991. The highest BCUT2D eigenvalue weighted by Gasteiger charge is 2.35. The van der Waals surface area contributed by atoms with Crippen molar-refractivity contribution in [2.45, 2.75) is 18.9 Å². The topological polar surface area (TPSA) is 95.7 Å². The number of rotatable bonds is 5. The van der Waals surface area contributed by atoms with Gasteiger partial charge in [-0.3, -0.25) is 9.69 Å². The van der Waals surface area contributed by atoms with Crippen molar-refractivity contribution in [3.05, 3.63) is 52.2 Å². The Hall–Kier alpha value is -2.65. The van der Waals surface area contributed by atoms with Crippen molar-refractivity contribution in [3.8, 4) is 17.2 Å². The van der Waals surface area contributed by atoms with Crippen LogP contribution in [0.15, 0.2) is 30.3 Å². The predicted octanol–water partition coefficient (Wildman–Crippen LogP) is 1.63. The summed E-state index contributed by atoms with van der Waals surface area (Å²) in [5.41, 5.74) is 2.50. The molecule has 28 heavy (non-hydrogen) atoms. The molecule has 2 aromatic carbocycles. The first-order valence-electron chi connectivity index (χ1n) is 9.05. The second-order valence-corrected chi connectivity index (χ2v) is 6.98. The summed E-state index contributed by atoms with van der Waals surface area (Å²) in [6.07, 6.45) is 1.03. The van der Waals surface area contributed by atoms with Crippen LogP contribution in [0.2, 0.25) is 0 Å². The number of nitrogens with one attached hydrogen (secondary N) is 1. The molecule has 148 valence electrons. The molecule has 0 spiro atoms. The maximum absolute atomic E-state index is 13.0. The van der Waals surface area contributed by atoms with E-state index < -0.39 is 5.23 Å². The first kappa shape index (κ1) is 18.7. The number of ketones is 1. The molecular weight excluding hydrogens is 364 g/mol. The Morgan fingerprint density at radius 3 is 2.96 bits per heavy atom. The summed E-state index contributed by atoms with van der Waals surface area (Å²) in [6.45, 7) is 0.943. The average molecular weight is 386 g/mol. The van der Waals surface area contributed by atoms with Crippen molar-refractivity contribution in [1.29, 1.82) is 0 Å². The lowest BCUT2D eigenvalue weighted by Gasteiger charge is -2.35. The molecule has 0 aliphatic carbocycles. The van der Waals surface area contributed by atoms with Crippen LogP contribution >= 0.6 is 0 Å². The van der Waals surface area contributed by atoms with E-state index in [0.717, 1.165) is 24.1 Å². The number of Topliss-reactive ketones (excluding diaryl/α,β-unsaturated/α-hetero) is 1. The molecule has 0 radical (unpaired) electrons. The van der Waals surface area contributed by atoms with Crippen molar-refractivity contribution in [1.82, 2.24) is 4.90 Å². The van der Waals surface area contributed by atoms with Gasteiger partial charge in [-0.1, -0.05) is 12.1 Å². The highest BCUT2D eigenvalue weighted by molar-refractivity contribution is 5.97. The van der Waals surface area contributed by atoms with Crippen LogP contribution in [0, 0.1) is 5.21 Å². The van der Waals surface area contributed by atoms with E-state index in [1.165, 1.54) is 12.1 Å². The molecule has 0 amide bonds.